The lowest BCUT2D eigenvalue weighted by atomic mass is 10.1. The fraction of sp³-hybridized carbons (Fsp3) is 0.158. The molecule has 0 atom stereocenters. The number of hydrogen-bond acceptors (Lipinski definition) is 6. The van der Waals surface area contributed by atoms with Crippen molar-refractivity contribution in [2.45, 2.75) is 18.4 Å². The molecule has 0 unspecified atom stereocenters. The molecule has 0 saturated carbocycles. The van der Waals surface area contributed by atoms with Gasteiger partial charge in [-0.15, -0.1) is 0 Å². The highest BCUT2D eigenvalue weighted by Crippen LogP contribution is 2.23. The third-order valence-electron chi connectivity index (χ3n) is 3.92. The van der Waals surface area contributed by atoms with Gasteiger partial charge >= 0.3 is 5.97 Å². The molecule has 27 heavy (non-hydrogen) atoms. The van der Waals surface area contributed by atoms with Crippen LogP contribution in [0.15, 0.2) is 64.4 Å². The lowest BCUT2D eigenvalue weighted by Gasteiger charge is -2.11. The van der Waals surface area contributed by atoms with E-state index >= 15 is 0 Å². The number of furan rings is 1. The van der Waals surface area contributed by atoms with Crippen LogP contribution in [0, 0.1) is 6.92 Å². The van der Waals surface area contributed by atoms with Crippen LogP contribution >= 0.6 is 0 Å². The number of nitrogens with zero attached hydrogens (tertiary/aromatic N) is 1. The number of anilines is 1. The normalized spacial score (nSPS) is 11.2. The summed E-state index contributed by atoms with van der Waals surface area (Å²) in [6, 6.07) is 12.3. The van der Waals surface area contributed by atoms with Crippen molar-refractivity contribution in [1.82, 2.24) is 4.98 Å². The predicted molar refractivity (Wildman–Crippen MR) is 99.1 cm³/mol. The summed E-state index contributed by atoms with van der Waals surface area (Å²) in [4.78, 5) is 15.8. The van der Waals surface area contributed by atoms with Crippen LogP contribution in [-0.2, 0) is 21.2 Å². The van der Waals surface area contributed by atoms with Crippen LogP contribution < -0.4 is 4.72 Å². The Labute approximate surface area is 157 Å². The number of methoxy groups -OCH3 is 1. The largest absolute Gasteiger partial charge is 0.465 e. The molecule has 7 nitrogen and oxygen atoms in total. The highest BCUT2D eigenvalue weighted by Gasteiger charge is 2.22. The molecule has 2 aromatic heterocycles. The van der Waals surface area contributed by atoms with Gasteiger partial charge in [-0.25, -0.2) is 4.79 Å². The smallest absolute Gasteiger partial charge is 0.341 e. The number of carbonyl (C=O) groups excluding carboxylic acids is 1. The molecule has 0 aliphatic heterocycles. The molecule has 8 heteroatoms. The molecule has 0 fully saturated rings. The first kappa shape index (κ1) is 18.7. The monoisotopic (exact) mass is 386 g/mol. The van der Waals surface area contributed by atoms with Gasteiger partial charge in [-0.1, -0.05) is 18.2 Å². The van der Waals surface area contributed by atoms with Crippen LogP contribution in [0.2, 0.25) is 0 Å². The zero-order chi connectivity index (χ0) is 19.4. The minimum atomic E-state index is -3.99. The summed E-state index contributed by atoms with van der Waals surface area (Å²) in [6.45, 7) is 1.80. The Hall–Kier alpha value is -3.13. The van der Waals surface area contributed by atoms with Crippen molar-refractivity contribution >= 4 is 21.7 Å². The van der Waals surface area contributed by atoms with E-state index in [0.29, 0.717) is 12.1 Å². The van der Waals surface area contributed by atoms with Crippen LogP contribution in [0.3, 0.4) is 0 Å². The molecule has 0 amide bonds. The van der Waals surface area contributed by atoms with Crippen molar-refractivity contribution in [1.29, 1.82) is 0 Å². The first-order valence-corrected chi connectivity index (χ1v) is 9.56. The van der Waals surface area contributed by atoms with E-state index in [-0.39, 0.29) is 10.7 Å². The first-order chi connectivity index (χ1) is 12.9. The summed E-state index contributed by atoms with van der Waals surface area (Å²) in [5.41, 5.74) is 3.00. The van der Waals surface area contributed by atoms with Crippen molar-refractivity contribution in [2.75, 3.05) is 11.8 Å². The molecule has 0 spiro atoms. The number of rotatable bonds is 6. The van der Waals surface area contributed by atoms with Crippen LogP contribution in [0.5, 0.6) is 0 Å². The highest BCUT2D eigenvalue weighted by molar-refractivity contribution is 7.92. The van der Waals surface area contributed by atoms with Crippen molar-refractivity contribution < 1.29 is 22.4 Å². The second-order valence-electron chi connectivity index (χ2n) is 5.90. The lowest BCUT2D eigenvalue weighted by molar-refractivity contribution is 0.0600. The molecule has 0 radical (unpaired) electrons. The Morgan fingerprint density at radius 2 is 2.04 bits per heavy atom. The number of ether oxygens (including phenoxy) is 1. The maximum atomic E-state index is 12.6. The second-order valence-corrected chi connectivity index (χ2v) is 7.51. The van der Waals surface area contributed by atoms with Gasteiger partial charge in [0.25, 0.3) is 10.0 Å². The topological polar surface area (TPSA) is 98.5 Å². The first-order valence-electron chi connectivity index (χ1n) is 8.08. The minimum Gasteiger partial charge on any atom is -0.465 e. The maximum Gasteiger partial charge on any atom is 0.341 e. The average molecular weight is 386 g/mol. The predicted octanol–water partition coefficient (Wildman–Crippen LogP) is 3.16. The van der Waals surface area contributed by atoms with E-state index in [4.69, 9.17) is 4.42 Å². The van der Waals surface area contributed by atoms with E-state index in [0.717, 1.165) is 29.2 Å². The number of benzene rings is 1. The van der Waals surface area contributed by atoms with Gasteiger partial charge in [0.15, 0.2) is 0 Å². The summed E-state index contributed by atoms with van der Waals surface area (Å²) < 4.78 is 37.2. The fourth-order valence-electron chi connectivity index (χ4n) is 2.48. The molecule has 3 aromatic rings. The van der Waals surface area contributed by atoms with Crippen molar-refractivity contribution in [3.8, 4) is 0 Å². The number of pyridine rings is 1. The van der Waals surface area contributed by atoms with Crippen LogP contribution in [-0.4, -0.2) is 26.5 Å². The molecular formula is C19H18N2O5S. The Bertz CT molecular complexity index is 1060. The van der Waals surface area contributed by atoms with E-state index in [1.807, 2.05) is 30.3 Å². The zero-order valence-electron chi connectivity index (χ0n) is 14.8. The van der Waals surface area contributed by atoms with E-state index in [1.165, 1.54) is 7.11 Å². The second kappa shape index (κ2) is 7.63. The number of carbonyl (C=O) groups is 1. The molecule has 2 heterocycles. The fourth-order valence-corrected chi connectivity index (χ4v) is 3.55. The summed E-state index contributed by atoms with van der Waals surface area (Å²) in [5.74, 6) is -0.672. The number of hydrogen-bond donors (Lipinski definition) is 1. The Morgan fingerprint density at radius 3 is 2.74 bits per heavy atom. The van der Waals surface area contributed by atoms with Gasteiger partial charge in [-0.2, -0.15) is 8.42 Å². The number of sulfonamides is 1. The summed E-state index contributed by atoms with van der Waals surface area (Å²) >= 11 is 0. The SMILES string of the molecule is COC(=O)c1coc(S(=O)(=O)Nc2cc(Cc3ccccn3)ccc2C)c1. The Balaban J connectivity index is 1.84. The third-order valence-corrected chi connectivity index (χ3v) is 5.15. The van der Waals surface area contributed by atoms with Crippen molar-refractivity contribution in [3.63, 3.8) is 0 Å². The lowest BCUT2D eigenvalue weighted by Crippen LogP contribution is -2.13. The number of nitrogens with one attached hydrogen (secondary N) is 1. The summed E-state index contributed by atoms with van der Waals surface area (Å²) in [7, 11) is -2.78. The molecule has 140 valence electrons. The van der Waals surface area contributed by atoms with Gasteiger partial charge in [0, 0.05) is 24.4 Å². The molecule has 0 aliphatic rings. The number of aryl methyl sites for hydroxylation is 1. The zero-order valence-corrected chi connectivity index (χ0v) is 15.6. The quantitative estimate of drug-likeness (QED) is 0.654. The number of esters is 1. The standard InChI is InChI=1S/C19H18N2O5S/c1-13-6-7-14(9-16-5-3-4-8-20-16)10-17(13)21-27(23,24)18-11-15(12-26-18)19(22)25-2/h3-8,10-12,21H,9H2,1-2H3. The Morgan fingerprint density at radius 1 is 1.22 bits per heavy atom. The molecule has 1 aromatic carbocycles. The van der Waals surface area contributed by atoms with Crippen LogP contribution in [0.25, 0.3) is 0 Å². The van der Waals surface area contributed by atoms with Crippen LogP contribution in [0.1, 0.15) is 27.2 Å². The molecule has 0 bridgehead atoms. The third kappa shape index (κ3) is 4.35. The van der Waals surface area contributed by atoms with E-state index in [9.17, 15) is 13.2 Å². The molecule has 1 N–H and O–H groups in total. The van der Waals surface area contributed by atoms with E-state index < -0.39 is 16.0 Å². The van der Waals surface area contributed by atoms with Crippen molar-refractivity contribution in [3.05, 3.63) is 77.3 Å². The van der Waals surface area contributed by atoms with Crippen molar-refractivity contribution in [2.24, 2.45) is 0 Å². The Kier molecular flexibility index (Phi) is 5.27. The van der Waals surface area contributed by atoms with E-state index in [2.05, 4.69) is 14.4 Å². The molecule has 0 saturated heterocycles. The minimum absolute atomic E-state index is 0.0264. The van der Waals surface area contributed by atoms with Gasteiger partial charge in [0.1, 0.15) is 6.26 Å². The van der Waals surface area contributed by atoms with Gasteiger partial charge in [0.05, 0.1) is 18.4 Å². The van der Waals surface area contributed by atoms with E-state index in [1.54, 1.807) is 19.2 Å². The molecule has 3 rings (SSSR count). The van der Waals surface area contributed by atoms with Gasteiger partial charge in [-0.3, -0.25) is 9.71 Å². The maximum absolute atomic E-state index is 12.6. The molecule has 0 aliphatic carbocycles. The van der Waals surface area contributed by atoms with Gasteiger partial charge < -0.3 is 9.15 Å². The highest BCUT2D eigenvalue weighted by atomic mass is 32.2. The number of aromatic nitrogens is 1. The van der Waals surface area contributed by atoms with Crippen LogP contribution in [0.4, 0.5) is 5.69 Å². The summed E-state index contributed by atoms with van der Waals surface area (Å²) in [6.07, 6.45) is 3.33. The summed E-state index contributed by atoms with van der Waals surface area (Å²) in [5, 5.41) is -0.363. The molecular weight excluding hydrogens is 368 g/mol. The van der Waals surface area contributed by atoms with Gasteiger partial charge in [-0.05, 0) is 36.2 Å². The average Bonchev–Trinajstić information content (AvgIpc) is 3.16. The van der Waals surface area contributed by atoms with Gasteiger partial charge in [0.2, 0.25) is 5.09 Å².